The van der Waals surface area contributed by atoms with Gasteiger partial charge in [0.2, 0.25) is 0 Å². The lowest BCUT2D eigenvalue weighted by Gasteiger charge is -2.25. The van der Waals surface area contributed by atoms with Crippen LogP contribution in [-0.4, -0.2) is 22.3 Å². The van der Waals surface area contributed by atoms with E-state index in [1.165, 1.54) is 0 Å². The minimum absolute atomic E-state index is 0.123. The molecule has 1 saturated carbocycles. The molecule has 1 N–H and O–H groups in total. The number of para-hydroxylation sites is 1. The normalized spacial score (nSPS) is 22.7. The Bertz CT molecular complexity index is 710. The fourth-order valence-electron chi connectivity index (χ4n) is 3.19. The molecule has 4 nitrogen and oxygen atoms in total. The van der Waals surface area contributed by atoms with Crippen LogP contribution < -0.4 is 0 Å². The van der Waals surface area contributed by atoms with Crippen molar-refractivity contribution in [2.75, 3.05) is 0 Å². The smallest absolute Gasteiger partial charge is 0.151 e. The third-order valence-electron chi connectivity index (χ3n) is 4.27. The van der Waals surface area contributed by atoms with E-state index < -0.39 is 5.92 Å². The van der Waals surface area contributed by atoms with Crippen molar-refractivity contribution in [2.45, 2.75) is 32.1 Å². The summed E-state index contributed by atoms with van der Waals surface area (Å²) in [6.07, 6.45) is 2.64. The highest BCUT2D eigenvalue weighted by molar-refractivity contribution is 6.21. The molecular weight excluding hydrogens is 266 g/mol. The molecular formula is C17H17NO3. The zero-order valence-electron chi connectivity index (χ0n) is 11.9. The second kappa shape index (κ2) is 5.28. The number of hydrogen-bond acceptors (Lipinski definition) is 3. The van der Waals surface area contributed by atoms with Crippen LogP contribution >= 0.6 is 0 Å². The van der Waals surface area contributed by atoms with E-state index in [-0.39, 0.29) is 42.5 Å². The molecule has 1 aromatic heterocycles. The van der Waals surface area contributed by atoms with Crippen LogP contribution in [0.3, 0.4) is 0 Å². The Morgan fingerprint density at radius 2 is 1.86 bits per heavy atom. The fraction of sp³-hybridized carbons (Fsp3) is 0.353. The van der Waals surface area contributed by atoms with Crippen molar-refractivity contribution in [1.82, 2.24) is 4.98 Å². The van der Waals surface area contributed by atoms with Crippen molar-refractivity contribution >= 4 is 28.3 Å². The summed E-state index contributed by atoms with van der Waals surface area (Å²) < 4.78 is 0. The first-order valence-electron chi connectivity index (χ1n) is 7.26. The average Bonchev–Trinajstić information content (AvgIpc) is 2.90. The van der Waals surface area contributed by atoms with Crippen LogP contribution in [0.5, 0.6) is 0 Å². The zero-order valence-corrected chi connectivity index (χ0v) is 11.9. The summed E-state index contributed by atoms with van der Waals surface area (Å²) >= 11 is 0. The Balaban J connectivity index is 1.91. The van der Waals surface area contributed by atoms with Crippen molar-refractivity contribution in [3.63, 3.8) is 0 Å². The highest BCUT2D eigenvalue weighted by Gasteiger charge is 2.40. The third kappa shape index (κ3) is 2.31. The molecule has 1 fully saturated rings. The van der Waals surface area contributed by atoms with Crippen LogP contribution in [0.25, 0.3) is 10.9 Å². The molecule has 108 valence electrons. The number of carbonyl (C=O) groups is 3. The van der Waals surface area contributed by atoms with Crippen LogP contribution in [0, 0.1) is 5.92 Å². The number of nitrogens with one attached hydrogen (secondary N) is 1. The summed E-state index contributed by atoms with van der Waals surface area (Å²) in [6.45, 7) is 1.69. The van der Waals surface area contributed by atoms with Crippen molar-refractivity contribution in [3.05, 3.63) is 36.0 Å². The number of H-pyrrole nitrogens is 1. The molecule has 4 heteroatoms. The fourth-order valence-corrected chi connectivity index (χ4v) is 3.19. The highest BCUT2D eigenvalue weighted by Crippen LogP contribution is 2.36. The van der Waals surface area contributed by atoms with E-state index >= 15 is 0 Å². The summed E-state index contributed by atoms with van der Waals surface area (Å²) in [4.78, 5) is 39.3. The maximum absolute atomic E-state index is 12.2. The van der Waals surface area contributed by atoms with Crippen molar-refractivity contribution in [2.24, 2.45) is 5.92 Å². The molecule has 1 heterocycles. The topological polar surface area (TPSA) is 67.0 Å². The van der Waals surface area contributed by atoms with Gasteiger partial charge in [0, 0.05) is 36.4 Å². The van der Waals surface area contributed by atoms with Gasteiger partial charge >= 0.3 is 0 Å². The van der Waals surface area contributed by atoms with Gasteiger partial charge in [-0.05, 0) is 17.5 Å². The van der Waals surface area contributed by atoms with Gasteiger partial charge in [0.15, 0.2) is 17.3 Å². The lowest BCUT2D eigenvalue weighted by atomic mass is 9.75. The molecule has 3 rings (SSSR count). The molecule has 0 unspecified atom stereocenters. The van der Waals surface area contributed by atoms with Crippen molar-refractivity contribution in [1.29, 1.82) is 0 Å². The number of Topliss-reactive ketones (excluding diaryl/α,β-unsaturated/α-hetero) is 3. The summed E-state index contributed by atoms with van der Waals surface area (Å²) in [5.41, 5.74) is 1.99. The molecule has 0 atom stereocenters. The lowest BCUT2D eigenvalue weighted by Crippen LogP contribution is -2.37. The van der Waals surface area contributed by atoms with Crippen molar-refractivity contribution in [3.8, 4) is 0 Å². The van der Waals surface area contributed by atoms with Crippen LogP contribution in [0.15, 0.2) is 30.5 Å². The Kier molecular flexibility index (Phi) is 3.45. The van der Waals surface area contributed by atoms with Crippen LogP contribution in [0.1, 0.15) is 37.7 Å². The average molecular weight is 283 g/mol. The predicted octanol–water partition coefficient (Wildman–Crippen LogP) is 2.78. The van der Waals surface area contributed by atoms with Crippen LogP contribution in [0.4, 0.5) is 0 Å². The Morgan fingerprint density at radius 1 is 1.19 bits per heavy atom. The van der Waals surface area contributed by atoms with Gasteiger partial charge in [-0.3, -0.25) is 14.4 Å². The first-order chi connectivity index (χ1) is 10.1. The minimum atomic E-state index is -1.02. The van der Waals surface area contributed by atoms with E-state index in [0.717, 1.165) is 16.5 Å². The number of ketones is 3. The standard InChI is InChI=1S/C17H17NO3/c1-2-14(19)17-15(20)7-10(8-16(17)21)12-9-18-13-6-4-3-5-11(12)13/h3-6,9-10,17-18H,2,7-8H2,1H3. The van der Waals surface area contributed by atoms with Gasteiger partial charge in [-0.15, -0.1) is 0 Å². The zero-order chi connectivity index (χ0) is 15.0. The molecule has 1 aliphatic carbocycles. The van der Waals surface area contributed by atoms with Gasteiger partial charge < -0.3 is 4.98 Å². The van der Waals surface area contributed by atoms with E-state index in [1.54, 1.807) is 6.92 Å². The van der Waals surface area contributed by atoms with E-state index in [1.807, 2.05) is 30.5 Å². The summed E-state index contributed by atoms with van der Waals surface area (Å²) in [5, 5.41) is 1.04. The molecule has 0 radical (unpaired) electrons. The Hall–Kier alpha value is -2.23. The molecule has 0 bridgehead atoms. The minimum Gasteiger partial charge on any atom is -0.361 e. The first kappa shape index (κ1) is 13.7. The molecule has 1 aromatic carbocycles. The van der Waals surface area contributed by atoms with E-state index in [0.29, 0.717) is 0 Å². The SMILES string of the molecule is CCC(=O)C1C(=O)CC(c2c[nH]c3ccccc23)CC1=O. The summed E-state index contributed by atoms with van der Waals surface area (Å²) in [6, 6.07) is 7.83. The van der Waals surface area contributed by atoms with E-state index in [4.69, 9.17) is 0 Å². The lowest BCUT2D eigenvalue weighted by molar-refractivity contribution is -0.142. The van der Waals surface area contributed by atoms with Gasteiger partial charge in [0.05, 0.1) is 0 Å². The Labute approximate surface area is 122 Å². The summed E-state index contributed by atoms with van der Waals surface area (Å²) in [7, 11) is 0. The molecule has 21 heavy (non-hydrogen) atoms. The quantitative estimate of drug-likeness (QED) is 0.881. The maximum Gasteiger partial charge on any atom is 0.151 e. The molecule has 0 saturated heterocycles. The monoisotopic (exact) mass is 283 g/mol. The first-order valence-corrected chi connectivity index (χ1v) is 7.26. The van der Waals surface area contributed by atoms with Crippen LogP contribution in [0.2, 0.25) is 0 Å². The number of aromatic amines is 1. The van der Waals surface area contributed by atoms with Crippen molar-refractivity contribution < 1.29 is 14.4 Å². The number of aromatic nitrogens is 1. The molecule has 1 aliphatic rings. The second-order valence-electron chi connectivity index (χ2n) is 5.58. The second-order valence-corrected chi connectivity index (χ2v) is 5.58. The van der Waals surface area contributed by atoms with Gasteiger partial charge in [-0.25, -0.2) is 0 Å². The predicted molar refractivity (Wildman–Crippen MR) is 79.1 cm³/mol. The van der Waals surface area contributed by atoms with E-state index in [2.05, 4.69) is 4.98 Å². The number of benzene rings is 1. The molecule has 0 amide bonds. The molecule has 0 aliphatic heterocycles. The van der Waals surface area contributed by atoms with Crippen LogP contribution in [-0.2, 0) is 14.4 Å². The third-order valence-corrected chi connectivity index (χ3v) is 4.27. The van der Waals surface area contributed by atoms with Gasteiger partial charge in [0.1, 0.15) is 5.92 Å². The maximum atomic E-state index is 12.2. The largest absolute Gasteiger partial charge is 0.361 e. The van der Waals surface area contributed by atoms with Gasteiger partial charge in [0.25, 0.3) is 0 Å². The Morgan fingerprint density at radius 3 is 2.52 bits per heavy atom. The highest BCUT2D eigenvalue weighted by atomic mass is 16.2. The number of fused-ring (bicyclic) bond motifs is 1. The number of hydrogen-bond donors (Lipinski definition) is 1. The molecule has 0 spiro atoms. The van der Waals surface area contributed by atoms with Gasteiger partial charge in [-0.2, -0.15) is 0 Å². The van der Waals surface area contributed by atoms with Gasteiger partial charge in [-0.1, -0.05) is 25.1 Å². The number of rotatable bonds is 3. The van der Waals surface area contributed by atoms with E-state index in [9.17, 15) is 14.4 Å². The molecule has 2 aromatic rings. The number of carbonyl (C=O) groups excluding carboxylic acids is 3. The summed E-state index contributed by atoms with van der Waals surface area (Å²) in [5.74, 6) is -1.84.